The Bertz CT molecular complexity index is 669. The molecule has 1 heterocycles. The highest BCUT2D eigenvalue weighted by atomic mass is 35.5. The van der Waals surface area contributed by atoms with Crippen LogP contribution < -0.4 is 15.8 Å². The molecule has 0 aliphatic carbocycles. The number of hydrogen-bond acceptors (Lipinski definition) is 6. The SMILES string of the molecule is COCCNS(=O)(=O)c1ccc(CNC(=O)[C@@H]2CC[C@H](CN)O2)cc1.Cl. The molecule has 4 N–H and O–H groups in total. The number of sulfonamides is 1. The predicted octanol–water partition coefficient (Wildman–Crippen LogP) is 0.156. The van der Waals surface area contributed by atoms with Gasteiger partial charge in [0.1, 0.15) is 6.10 Å². The van der Waals surface area contributed by atoms with E-state index in [2.05, 4.69) is 10.0 Å². The highest BCUT2D eigenvalue weighted by molar-refractivity contribution is 7.89. The first-order chi connectivity index (χ1) is 12.0. The summed E-state index contributed by atoms with van der Waals surface area (Å²) < 4.78 is 36.9. The fraction of sp³-hybridized carbons (Fsp3) is 0.562. The summed E-state index contributed by atoms with van der Waals surface area (Å²) in [5.41, 5.74) is 6.33. The molecule has 1 amide bonds. The lowest BCUT2D eigenvalue weighted by Crippen LogP contribution is -2.35. The van der Waals surface area contributed by atoms with Crippen molar-refractivity contribution < 1.29 is 22.7 Å². The molecule has 1 aromatic rings. The highest BCUT2D eigenvalue weighted by Crippen LogP contribution is 2.19. The Balaban J connectivity index is 0.00000338. The van der Waals surface area contributed by atoms with Crippen LogP contribution in [0.2, 0.25) is 0 Å². The minimum atomic E-state index is -3.55. The van der Waals surface area contributed by atoms with Crippen molar-refractivity contribution in [2.24, 2.45) is 5.73 Å². The molecule has 2 rings (SSSR count). The second-order valence-electron chi connectivity index (χ2n) is 5.81. The molecule has 1 aliphatic rings. The van der Waals surface area contributed by atoms with Gasteiger partial charge in [0.2, 0.25) is 15.9 Å². The van der Waals surface area contributed by atoms with Crippen LogP contribution in [0.25, 0.3) is 0 Å². The molecule has 10 heteroatoms. The van der Waals surface area contributed by atoms with E-state index in [1.165, 1.54) is 19.2 Å². The number of methoxy groups -OCH3 is 1. The number of carbonyl (C=O) groups excluding carboxylic acids is 1. The average molecular weight is 408 g/mol. The summed E-state index contributed by atoms with van der Waals surface area (Å²) in [6, 6.07) is 6.35. The van der Waals surface area contributed by atoms with E-state index in [0.717, 1.165) is 12.0 Å². The number of amides is 1. The van der Waals surface area contributed by atoms with Crippen molar-refractivity contribution >= 4 is 28.3 Å². The first-order valence-electron chi connectivity index (χ1n) is 8.17. The molecule has 148 valence electrons. The summed E-state index contributed by atoms with van der Waals surface area (Å²) >= 11 is 0. The number of halogens is 1. The first-order valence-corrected chi connectivity index (χ1v) is 9.65. The third-order valence-corrected chi connectivity index (χ3v) is 5.44. The monoisotopic (exact) mass is 407 g/mol. The summed E-state index contributed by atoms with van der Waals surface area (Å²) in [5.74, 6) is -0.172. The summed E-state index contributed by atoms with van der Waals surface area (Å²) in [4.78, 5) is 12.2. The molecule has 1 fully saturated rings. The van der Waals surface area contributed by atoms with Crippen molar-refractivity contribution in [3.63, 3.8) is 0 Å². The summed E-state index contributed by atoms with van der Waals surface area (Å²) in [6.07, 6.45) is 0.943. The molecule has 1 saturated heterocycles. The Labute approximate surface area is 160 Å². The summed E-state index contributed by atoms with van der Waals surface area (Å²) in [5, 5.41) is 2.80. The van der Waals surface area contributed by atoms with E-state index in [-0.39, 0.29) is 35.9 Å². The molecule has 0 saturated carbocycles. The van der Waals surface area contributed by atoms with Crippen LogP contribution in [0.4, 0.5) is 0 Å². The second kappa shape index (κ2) is 10.8. The molecule has 0 unspecified atom stereocenters. The van der Waals surface area contributed by atoms with Crippen molar-refractivity contribution in [3.8, 4) is 0 Å². The Morgan fingerprint density at radius 2 is 2.00 bits per heavy atom. The Hall–Kier alpha value is -1.23. The number of nitrogens with one attached hydrogen (secondary N) is 2. The van der Waals surface area contributed by atoms with Crippen molar-refractivity contribution in [2.45, 2.75) is 36.5 Å². The molecule has 0 spiro atoms. The minimum Gasteiger partial charge on any atom is -0.383 e. The Morgan fingerprint density at radius 3 is 2.58 bits per heavy atom. The first kappa shape index (κ1) is 22.8. The van der Waals surface area contributed by atoms with Gasteiger partial charge in [-0.05, 0) is 30.5 Å². The minimum absolute atomic E-state index is 0. The van der Waals surface area contributed by atoms with Gasteiger partial charge in [-0.25, -0.2) is 13.1 Å². The van der Waals surface area contributed by atoms with Gasteiger partial charge >= 0.3 is 0 Å². The maximum absolute atomic E-state index is 12.1. The molecule has 26 heavy (non-hydrogen) atoms. The zero-order chi connectivity index (χ0) is 18.3. The largest absolute Gasteiger partial charge is 0.383 e. The lowest BCUT2D eigenvalue weighted by Gasteiger charge is -2.13. The molecule has 1 aliphatic heterocycles. The second-order valence-corrected chi connectivity index (χ2v) is 7.58. The third kappa shape index (κ3) is 6.49. The molecule has 0 bridgehead atoms. The predicted molar refractivity (Wildman–Crippen MR) is 99.6 cm³/mol. The van der Waals surface area contributed by atoms with E-state index in [4.69, 9.17) is 15.2 Å². The normalized spacial score (nSPS) is 19.8. The fourth-order valence-electron chi connectivity index (χ4n) is 2.52. The maximum atomic E-state index is 12.1. The maximum Gasteiger partial charge on any atom is 0.249 e. The molecule has 1 aromatic carbocycles. The summed E-state index contributed by atoms with van der Waals surface area (Å²) in [6.45, 7) is 1.24. The van der Waals surface area contributed by atoms with E-state index in [0.29, 0.717) is 26.1 Å². The molecular formula is C16H26ClN3O5S. The molecular weight excluding hydrogens is 382 g/mol. The number of rotatable bonds is 9. The van der Waals surface area contributed by atoms with E-state index in [9.17, 15) is 13.2 Å². The van der Waals surface area contributed by atoms with Crippen LogP contribution in [-0.4, -0.2) is 53.3 Å². The van der Waals surface area contributed by atoms with Gasteiger partial charge in [0, 0.05) is 26.7 Å². The van der Waals surface area contributed by atoms with E-state index >= 15 is 0 Å². The van der Waals surface area contributed by atoms with E-state index in [1.54, 1.807) is 12.1 Å². The quantitative estimate of drug-likeness (QED) is 0.501. The van der Waals surface area contributed by atoms with Gasteiger partial charge in [0.15, 0.2) is 0 Å². The van der Waals surface area contributed by atoms with Crippen LogP contribution in [0.3, 0.4) is 0 Å². The number of benzene rings is 1. The molecule has 2 atom stereocenters. The van der Waals surface area contributed by atoms with Crippen LogP contribution in [0.1, 0.15) is 18.4 Å². The zero-order valence-corrected chi connectivity index (χ0v) is 16.3. The van der Waals surface area contributed by atoms with Crippen LogP contribution in [0.5, 0.6) is 0 Å². The van der Waals surface area contributed by atoms with Crippen molar-refractivity contribution in [2.75, 3.05) is 26.8 Å². The van der Waals surface area contributed by atoms with Gasteiger partial charge < -0.3 is 20.5 Å². The standard InChI is InChI=1S/C16H25N3O5S.ClH/c1-23-9-8-19-25(21,22)14-5-2-12(3-6-14)11-18-16(20)15-7-4-13(10-17)24-15;/h2-3,5-6,13,15,19H,4,7-11,17H2,1H3,(H,18,20);1H/t13-,15+;/m1./s1. The fourth-order valence-corrected chi connectivity index (χ4v) is 3.54. The van der Waals surface area contributed by atoms with Crippen molar-refractivity contribution in [1.82, 2.24) is 10.0 Å². The van der Waals surface area contributed by atoms with E-state index in [1.807, 2.05) is 0 Å². The van der Waals surface area contributed by atoms with Gasteiger partial charge in [0.25, 0.3) is 0 Å². The topological polar surface area (TPSA) is 120 Å². The lowest BCUT2D eigenvalue weighted by molar-refractivity contribution is -0.132. The Kier molecular flexibility index (Phi) is 9.48. The van der Waals surface area contributed by atoms with Crippen molar-refractivity contribution in [1.29, 1.82) is 0 Å². The van der Waals surface area contributed by atoms with Crippen LogP contribution in [-0.2, 0) is 30.8 Å². The smallest absolute Gasteiger partial charge is 0.249 e. The number of carbonyl (C=O) groups is 1. The van der Waals surface area contributed by atoms with Crippen LogP contribution in [0.15, 0.2) is 29.2 Å². The van der Waals surface area contributed by atoms with Gasteiger partial charge in [0.05, 0.1) is 17.6 Å². The Morgan fingerprint density at radius 1 is 1.31 bits per heavy atom. The highest BCUT2D eigenvalue weighted by Gasteiger charge is 2.29. The third-order valence-electron chi connectivity index (χ3n) is 3.96. The van der Waals surface area contributed by atoms with Crippen LogP contribution in [0, 0.1) is 0 Å². The number of ether oxygens (including phenoxy) is 2. The number of hydrogen-bond donors (Lipinski definition) is 3. The lowest BCUT2D eigenvalue weighted by atomic mass is 10.2. The van der Waals surface area contributed by atoms with Gasteiger partial charge in [-0.3, -0.25) is 4.79 Å². The van der Waals surface area contributed by atoms with Gasteiger partial charge in [-0.1, -0.05) is 12.1 Å². The van der Waals surface area contributed by atoms with Gasteiger partial charge in [-0.15, -0.1) is 12.4 Å². The zero-order valence-electron chi connectivity index (χ0n) is 14.6. The average Bonchev–Trinajstić information content (AvgIpc) is 3.09. The van der Waals surface area contributed by atoms with E-state index < -0.39 is 16.1 Å². The molecule has 8 nitrogen and oxygen atoms in total. The summed E-state index contributed by atoms with van der Waals surface area (Å²) in [7, 11) is -2.05. The molecule has 0 aromatic heterocycles. The van der Waals surface area contributed by atoms with Crippen molar-refractivity contribution in [3.05, 3.63) is 29.8 Å². The van der Waals surface area contributed by atoms with Crippen LogP contribution >= 0.6 is 12.4 Å². The number of nitrogens with two attached hydrogens (primary N) is 1. The molecule has 0 radical (unpaired) electrons. The van der Waals surface area contributed by atoms with Gasteiger partial charge in [-0.2, -0.15) is 0 Å².